The van der Waals surface area contributed by atoms with E-state index in [1.54, 1.807) is 0 Å². The molecule has 0 spiro atoms. The summed E-state index contributed by atoms with van der Waals surface area (Å²) in [5.74, 6) is -1.56. The number of nitrogens with zero attached hydrogens (tertiary/aromatic N) is 1. The van der Waals surface area contributed by atoms with Gasteiger partial charge in [0, 0.05) is 12.1 Å². The van der Waals surface area contributed by atoms with Gasteiger partial charge in [0.1, 0.15) is 0 Å². The van der Waals surface area contributed by atoms with Crippen molar-refractivity contribution in [3.05, 3.63) is 0 Å². The molecule has 2 saturated carbocycles. The molecule has 0 unspecified atom stereocenters. The zero-order valence-corrected chi connectivity index (χ0v) is 15.7. The molecule has 0 aromatic heterocycles. The van der Waals surface area contributed by atoms with Gasteiger partial charge in [0.05, 0.1) is 24.8 Å². The van der Waals surface area contributed by atoms with Gasteiger partial charge in [0.25, 0.3) is 0 Å². The van der Waals surface area contributed by atoms with Crippen molar-refractivity contribution in [3.63, 3.8) is 0 Å². The molecule has 0 bridgehead atoms. The second-order valence-corrected chi connectivity index (χ2v) is 8.89. The summed E-state index contributed by atoms with van der Waals surface area (Å²) >= 11 is 0. The van der Waals surface area contributed by atoms with E-state index in [0.29, 0.717) is 32.2 Å². The van der Waals surface area contributed by atoms with Crippen LogP contribution in [-0.2, 0) is 24.3 Å². The van der Waals surface area contributed by atoms with Crippen LogP contribution in [0.2, 0.25) is 0 Å². The van der Waals surface area contributed by atoms with E-state index in [4.69, 9.17) is 9.84 Å². The van der Waals surface area contributed by atoms with Gasteiger partial charge in [-0.2, -0.15) is 0 Å². The Morgan fingerprint density at radius 3 is 2.36 bits per heavy atom. The molecule has 0 aliphatic heterocycles. The molecule has 0 radical (unpaired) electrons. The lowest BCUT2D eigenvalue weighted by atomic mass is 9.86. The molecule has 0 aromatic carbocycles. The molecular formula is C16H28N2O6S. The summed E-state index contributed by atoms with van der Waals surface area (Å²) in [6.45, 7) is 2.47. The number of methoxy groups -OCH3 is 1. The number of nitrogens with one attached hydrogen (secondary N) is 1. The van der Waals surface area contributed by atoms with Crippen molar-refractivity contribution in [2.45, 2.75) is 57.5 Å². The molecule has 0 heterocycles. The van der Waals surface area contributed by atoms with E-state index in [9.17, 15) is 18.0 Å². The maximum absolute atomic E-state index is 12.5. The second kappa shape index (κ2) is 8.01. The largest absolute Gasteiger partial charge is 0.480 e. The van der Waals surface area contributed by atoms with Crippen molar-refractivity contribution in [2.75, 3.05) is 26.0 Å². The standard InChI is InChI=1S/C16H28N2O6S/c1-3-18(10-14(19)20)13-8-12(9-13)17-25(22,23)11-16(15(21)24-2)6-4-5-7-16/h12-13,17H,3-11H2,1-2H3,(H,19,20). The van der Waals surface area contributed by atoms with E-state index in [1.165, 1.54) is 7.11 Å². The lowest BCUT2D eigenvalue weighted by Crippen LogP contribution is -2.56. The van der Waals surface area contributed by atoms with Crippen molar-refractivity contribution >= 4 is 22.0 Å². The van der Waals surface area contributed by atoms with Crippen LogP contribution in [0.5, 0.6) is 0 Å². The van der Waals surface area contributed by atoms with Gasteiger partial charge in [0.15, 0.2) is 0 Å². The third kappa shape index (κ3) is 4.92. The first-order chi connectivity index (χ1) is 11.7. The average molecular weight is 376 g/mol. The minimum absolute atomic E-state index is 0.0356. The molecule has 144 valence electrons. The predicted octanol–water partition coefficient (Wildman–Crippen LogP) is 0.577. The summed E-state index contributed by atoms with van der Waals surface area (Å²) in [6, 6.07) is -0.121. The van der Waals surface area contributed by atoms with Gasteiger partial charge in [-0.3, -0.25) is 14.5 Å². The molecule has 2 N–H and O–H groups in total. The van der Waals surface area contributed by atoms with Crippen molar-refractivity contribution in [1.29, 1.82) is 0 Å². The fourth-order valence-corrected chi connectivity index (χ4v) is 5.91. The number of likely N-dealkylation sites (N-methyl/N-ethyl adjacent to an activating group) is 1. The maximum Gasteiger partial charge on any atom is 0.317 e. The third-order valence-electron chi connectivity index (χ3n) is 5.37. The molecule has 2 fully saturated rings. The van der Waals surface area contributed by atoms with E-state index < -0.39 is 27.4 Å². The Labute approximate surface area is 149 Å². The Kier molecular flexibility index (Phi) is 6.45. The van der Waals surface area contributed by atoms with E-state index in [1.807, 2.05) is 11.8 Å². The van der Waals surface area contributed by atoms with Crippen LogP contribution in [0.1, 0.15) is 45.4 Å². The Hall–Kier alpha value is -1.19. The summed E-state index contributed by atoms with van der Waals surface area (Å²) in [6.07, 6.45) is 3.91. The maximum atomic E-state index is 12.5. The minimum Gasteiger partial charge on any atom is -0.480 e. The average Bonchev–Trinajstić information content (AvgIpc) is 2.96. The Morgan fingerprint density at radius 1 is 1.28 bits per heavy atom. The van der Waals surface area contributed by atoms with Gasteiger partial charge in [0.2, 0.25) is 10.0 Å². The lowest BCUT2D eigenvalue weighted by Gasteiger charge is -2.42. The third-order valence-corrected chi connectivity index (χ3v) is 6.99. The number of hydrogen-bond donors (Lipinski definition) is 2. The highest BCUT2D eigenvalue weighted by Crippen LogP contribution is 2.40. The van der Waals surface area contributed by atoms with E-state index in [2.05, 4.69) is 4.72 Å². The molecule has 2 aliphatic rings. The zero-order valence-electron chi connectivity index (χ0n) is 14.9. The van der Waals surface area contributed by atoms with Gasteiger partial charge >= 0.3 is 11.9 Å². The van der Waals surface area contributed by atoms with Gasteiger partial charge in [-0.1, -0.05) is 19.8 Å². The van der Waals surface area contributed by atoms with Crippen LogP contribution in [0.15, 0.2) is 0 Å². The lowest BCUT2D eigenvalue weighted by molar-refractivity contribution is -0.151. The highest BCUT2D eigenvalue weighted by molar-refractivity contribution is 7.89. The first-order valence-electron chi connectivity index (χ1n) is 8.75. The molecule has 0 amide bonds. The topological polar surface area (TPSA) is 113 Å². The van der Waals surface area contributed by atoms with Crippen molar-refractivity contribution < 1.29 is 27.9 Å². The van der Waals surface area contributed by atoms with Crippen LogP contribution < -0.4 is 4.72 Å². The highest BCUT2D eigenvalue weighted by Gasteiger charge is 2.47. The van der Waals surface area contributed by atoms with Gasteiger partial charge in [-0.25, -0.2) is 13.1 Å². The van der Waals surface area contributed by atoms with Crippen LogP contribution in [0.4, 0.5) is 0 Å². The van der Waals surface area contributed by atoms with Crippen molar-refractivity contribution in [1.82, 2.24) is 9.62 Å². The Morgan fingerprint density at radius 2 is 1.88 bits per heavy atom. The van der Waals surface area contributed by atoms with Crippen LogP contribution in [0.3, 0.4) is 0 Å². The van der Waals surface area contributed by atoms with Crippen molar-refractivity contribution in [2.24, 2.45) is 5.41 Å². The zero-order chi connectivity index (χ0) is 18.7. The van der Waals surface area contributed by atoms with Gasteiger partial charge in [-0.15, -0.1) is 0 Å². The number of rotatable bonds is 9. The summed E-state index contributed by atoms with van der Waals surface area (Å²) in [5, 5.41) is 8.90. The number of hydrogen-bond acceptors (Lipinski definition) is 6. The highest BCUT2D eigenvalue weighted by atomic mass is 32.2. The number of carboxylic acid groups (broad SMARTS) is 1. The van der Waals surface area contributed by atoms with Crippen molar-refractivity contribution in [3.8, 4) is 0 Å². The molecule has 2 rings (SSSR count). The number of carbonyl (C=O) groups is 2. The molecular weight excluding hydrogens is 348 g/mol. The summed E-state index contributed by atoms with van der Waals surface area (Å²) in [5.41, 5.74) is -0.928. The number of carbonyl (C=O) groups excluding carboxylic acids is 1. The quantitative estimate of drug-likeness (QED) is 0.566. The predicted molar refractivity (Wildman–Crippen MR) is 91.5 cm³/mol. The molecule has 0 atom stereocenters. The molecule has 0 aromatic rings. The van der Waals surface area contributed by atoms with E-state index >= 15 is 0 Å². The van der Waals surface area contributed by atoms with Crippen LogP contribution in [0.25, 0.3) is 0 Å². The fraction of sp³-hybridized carbons (Fsp3) is 0.875. The van der Waals surface area contributed by atoms with Gasteiger partial charge < -0.3 is 9.84 Å². The second-order valence-electron chi connectivity index (χ2n) is 7.13. The molecule has 2 aliphatic carbocycles. The Balaban J connectivity index is 1.90. The number of ether oxygens (including phenoxy) is 1. The van der Waals surface area contributed by atoms with Gasteiger partial charge in [-0.05, 0) is 32.2 Å². The normalized spacial score (nSPS) is 25.6. The van der Waals surface area contributed by atoms with Crippen LogP contribution in [0, 0.1) is 5.41 Å². The van der Waals surface area contributed by atoms with Crippen LogP contribution >= 0.6 is 0 Å². The number of esters is 1. The molecule has 8 nitrogen and oxygen atoms in total. The summed E-state index contributed by atoms with van der Waals surface area (Å²) in [4.78, 5) is 24.8. The first kappa shape index (κ1) is 20.1. The fourth-order valence-electron chi connectivity index (χ4n) is 3.99. The molecule has 0 saturated heterocycles. The first-order valence-corrected chi connectivity index (χ1v) is 10.4. The summed E-state index contributed by atoms with van der Waals surface area (Å²) < 4.78 is 32.5. The number of aliphatic carboxylic acids is 1. The Bertz CT molecular complexity index is 594. The summed E-state index contributed by atoms with van der Waals surface area (Å²) in [7, 11) is -2.31. The van der Waals surface area contributed by atoms with E-state index in [-0.39, 0.29) is 24.4 Å². The monoisotopic (exact) mass is 376 g/mol. The van der Waals surface area contributed by atoms with Crippen LogP contribution in [-0.4, -0.2) is 68.4 Å². The van der Waals surface area contributed by atoms with E-state index in [0.717, 1.165) is 12.8 Å². The molecule has 9 heteroatoms. The minimum atomic E-state index is -3.60. The smallest absolute Gasteiger partial charge is 0.317 e. The number of carboxylic acids is 1. The molecule has 25 heavy (non-hydrogen) atoms. The SMILES string of the molecule is CCN(CC(=O)O)C1CC(NS(=O)(=O)CC2(C(=O)OC)CCCC2)C1. The number of sulfonamides is 1.